The molecule has 2 heteroatoms. The lowest BCUT2D eigenvalue weighted by Gasteiger charge is -2.11. The van der Waals surface area contributed by atoms with Crippen molar-refractivity contribution < 1.29 is 0 Å². The molecule has 19 heavy (non-hydrogen) atoms. The predicted octanol–water partition coefficient (Wildman–Crippen LogP) is 3.96. The third kappa shape index (κ3) is 2.48. The topological polar surface area (TPSA) is 32.9 Å². The van der Waals surface area contributed by atoms with Crippen LogP contribution in [0, 0.1) is 20.8 Å². The number of aryl methyl sites for hydroxylation is 3. The van der Waals surface area contributed by atoms with Gasteiger partial charge in [0.2, 0.25) is 0 Å². The molecule has 0 saturated heterocycles. The first-order chi connectivity index (χ1) is 8.91. The van der Waals surface area contributed by atoms with Crippen molar-refractivity contribution in [2.45, 2.75) is 41.0 Å². The number of benzene rings is 1. The lowest BCUT2D eigenvalue weighted by Crippen LogP contribution is -2.15. The van der Waals surface area contributed by atoms with Gasteiger partial charge in [0.25, 0.3) is 5.56 Å². The van der Waals surface area contributed by atoms with E-state index in [1.807, 2.05) is 6.92 Å². The Morgan fingerprint density at radius 3 is 2.47 bits per heavy atom. The molecule has 1 aromatic heterocycles. The molecule has 0 radical (unpaired) electrons. The number of rotatable bonds is 2. The molecule has 0 aliphatic carbocycles. The fourth-order valence-electron chi connectivity index (χ4n) is 2.36. The van der Waals surface area contributed by atoms with E-state index >= 15 is 0 Å². The second kappa shape index (κ2) is 5.04. The highest BCUT2D eigenvalue weighted by Gasteiger charge is 2.10. The molecule has 0 aliphatic rings. The normalized spacial score (nSPS) is 10.8. The minimum Gasteiger partial charge on any atom is -0.321 e. The van der Waals surface area contributed by atoms with Crippen LogP contribution in [0.25, 0.3) is 10.9 Å². The van der Waals surface area contributed by atoms with Crippen LogP contribution < -0.4 is 5.56 Å². The summed E-state index contributed by atoms with van der Waals surface area (Å²) < 4.78 is 0. The summed E-state index contributed by atoms with van der Waals surface area (Å²) >= 11 is 0. The Balaban J connectivity index is 2.73. The van der Waals surface area contributed by atoms with Gasteiger partial charge in [0.15, 0.2) is 0 Å². The van der Waals surface area contributed by atoms with Crippen LogP contribution in [0.1, 0.15) is 36.1 Å². The lowest BCUT2D eigenvalue weighted by molar-refractivity contribution is 1.10. The van der Waals surface area contributed by atoms with Crippen LogP contribution in [-0.2, 0) is 6.42 Å². The number of pyridine rings is 1. The minimum absolute atomic E-state index is 0.0381. The van der Waals surface area contributed by atoms with Crippen molar-refractivity contribution in [2.75, 3.05) is 0 Å². The zero-order chi connectivity index (χ0) is 14.2. The fourth-order valence-corrected chi connectivity index (χ4v) is 2.36. The summed E-state index contributed by atoms with van der Waals surface area (Å²) in [6.45, 7) is 10.3. The highest BCUT2D eigenvalue weighted by atomic mass is 16.1. The Morgan fingerprint density at radius 2 is 1.84 bits per heavy atom. The first kappa shape index (κ1) is 13.6. The maximum Gasteiger partial charge on any atom is 0.252 e. The van der Waals surface area contributed by atoms with Crippen LogP contribution in [-0.4, -0.2) is 4.98 Å². The Bertz CT molecular complexity index is 716. The first-order valence-electron chi connectivity index (χ1n) is 6.67. The summed E-state index contributed by atoms with van der Waals surface area (Å²) in [5.74, 6) is 0. The van der Waals surface area contributed by atoms with Gasteiger partial charge in [-0.15, -0.1) is 0 Å². The van der Waals surface area contributed by atoms with Crippen molar-refractivity contribution >= 4 is 10.9 Å². The smallest absolute Gasteiger partial charge is 0.252 e. The molecule has 0 unspecified atom stereocenters. The van der Waals surface area contributed by atoms with E-state index in [0.717, 1.165) is 27.6 Å². The molecular formula is C17H21NO. The van der Waals surface area contributed by atoms with E-state index in [1.54, 1.807) is 0 Å². The Kier molecular flexibility index (Phi) is 3.61. The van der Waals surface area contributed by atoms with Gasteiger partial charge in [0, 0.05) is 10.9 Å². The van der Waals surface area contributed by atoms with Crippen LogP contribution in [0.15, 0.2) is 28.6 Å². The van der Waals surface area contributed by atoms with E-state index in [-0.39, 0.29) is 5.56 Å². The quantitative estimate of drug-likeness (QED) is 0.809. The Labute approximate surface area is 114 Å². The number of aromatic amines is 1. The maximum atomic E-state index is 12.2. The van der Waals surface area contributed by atoms with Crippen LogP contribution in [0.5, 0.6) is 0 Å². The van der Waals surface area contributed by atoms with Gasteiger partial charge in [-0.1, -0.05) is 23.8 Å². The summed E-state index contributed by atoms with van der Waals surface area (Å²) in [6, 6.07) is 4.22. The van der Waals surface area contributed by atoms with Crippen LogP contribution in [0.3, 0.4) is 0 Å². The minimum atomic E-state index is 0.0381. The molecule has 0 spiro atoms. The number of H-pyrrole nitrogens is 1. The SMILES string of the molecule is CC(C)=CCc1c(C)c2ccc(C)c(C)c2[nH]c1=O. The van der Waals surface area contributed by atoms with Gasteiger partial charge < -0.3 is 4.98 Å². The van der Waals surface area contributed by atoms with E-state index in [2.05, 4.69) is 50.9 Å². The molecule has 2 aromatic rings. The van der Waals surface area contributed by atoms with Crippen LogP contribution in [0.2, 0.25) is 0 Å². The van der Waals surface area contributed by atoms with Crippen LogP contribution in [0.4, 0.5) is 0 Å². The Hall–Kier alpha value is -1.83. The van der Waals surface area contributed by atoms with Crippen molar-refractivity contribution in [1.29, 1.82) is 0 Å². The number of hydrogen-bond donors (Lipinski definition) is 1. The molecule has 0 amide bonds. The third-order valence-corrected chi connectivity index (χ3v) is 3.82. The molecule has 0 atom stereocenters. The fraction of sp³-hybridized carbons (Fsp3) is 0.353. The van der Waals surface area contributed by atoms with Gasteiger partial charge in [0.05, 0.1) is 5.52 Å². The zero-order valence-corrected chi connectivity index (χ0v) is 12.3. The summed E-state index contributed by atoms with van der Waals surface area (Å²) in [5.41, 5.74) is 6.58. The molecule has 2 nitrogen and oxygen atoms in total. The Morgan fingerprint density at radius 1 is 1.16 bits per heavy atom. The molecule has 1 heterocycles. The number of fused-ring (bicyclic) bond motifs is 1. The number of aromatic nitrogens is 1. The molecule has 0 bridgehead atoms. The lowest BCUT2D eigenvalue weighted by atomic mass is 9.98. The van der Waals surface area contributed by atoms with E-state index in [9.17, 15) is 4.79 Å². The van der Waals surface area contributed by atoms with E-state index in [0.29, 0.717) is 6.42 Å². The summed E-state index contributed by atoms with van der Waals surface area (Å²) in [6.07, 6.45) is 2.80. The molecule has 0 aliphatic heterocycles. The molecule has 1 N–H and O–H groups in total. The molecular weight excluding hydrogens is 234 g/mol. The van der Waals surface area contributed by atoms with Gasteiger partial charge in [-0.3, -0.25) is 4.79 Å². The second-order valence-corrected chi connectivity index (χ2v) is 5.47. The highest BCUT2D eigenvalue weighted by molar-refractivity contribution is 5.86. The highest BCUT2D eigenvalue weighted by Crippen LogP contribution is 2.23. The average molecular weight is 255 g/mol. The van der Waals surface area contributed by atoms with Crippen molar-refractivity contribution in [3.05, 3.63) is 56.4 Å². The van der Waals surface area contributed by atoms with Crippen LogP contribution >= 0.6 is 0 Å². The summed E-state index contributed by atoms with van der Waals surface area (Å²) in [4.78, 5) is 15.3. The van der Waals surface area contributed by atoms with Gasteiger partial charge in [-0.2, -0.15) is 0 Å². The maximum absolute atomic E-state index is 12.2. The number of allylic oxidation sites excluding steroid dienone is 2. The molecule has 100 valence electrons. The first-order valence-corrected chi connectivity index (χ1v) is 6.67. The molecule has 1 aromatic carbocycles. The van der Waals surface area contributed by atoms with Crippen molar-refractivity contribution in [1.82, 2.24) is 4.98 Å². The predicted molar refractivity (Wildman–Crippen MR) is 81.9 cm³/mol. The van der Waals surface area contributed by atoms with Gasteiger partial charge in [0.1, 0.15) is 0 Å². The summed E-state index contributed by atoms with van der Waals surface area (Å²) in [5, 5.41) is 1.15. The van der Waals surface area contributed by atoms with E-state index < -0.39 is 0 Å². The van der Waals surface area contributed by atoms with E-state index in [1.165, 1.54) is 11.1 Å². The largest absolute Gasteiger partial charge is 0.321 e. The van der Waals surface area contributed by atoms with Gasteiger partial charge in [-0.05, 0) is 57.7 Å². The summed E-state index contributed by atoms with van der Waals surface area (Å²) in [7, 11) is 0. The van der Waals surface area contributed by atoms with Gasteiger partial charge >= 0.3 is 0 Å². The molecule has 0 fully saturated rings. The number of nitrogens with one attached hydrogen (secondary N) is 1. The van der Waals surface area contributed by atoms with Crippen molar-refractivity contribution in [2.24, 2.45) is 0 Å². The van der Waals surface area contributed by atoms with Crippen molar-refractivity contribution in [3.63, 3.8) is 0 Å². The number of hydrogen-bond acceptors (Lipinski definition) is 1. The molecule has 2 rings (SSSR count). The monoisotopic (exact) mass is 255 g/mol. The second-order valence-electron chi connectivity index (χ2n) is 5.47. The van der Waals surface area contributed by atoms with Gasteiger partial charge in [-0.25, -0.2) is 0 Å². The zero-order valence-electron chi connectivity index (χ0n) is 12.3. The standard InChI is InChI=1S/C17H21NO/c1-10(2)6-8-15-13(5)14-9-7-11(3)12(4)16(14)18-17(15)19/h6-7,9H,8H2,1-5H3,(H,18,19). The molecule has 0 saturated carbocycles. The van der Waals surface area contributed by atoms with E-state index in [4.69, 9.17) is 0 Å². The third-order valence-electron chi connectivity index (χ3n) is 3.82. The average Bonchev–Trinajstić information content (AvgIpc) is 2.34. The van der Waals surface area contributed by atoms with Crippen molar-refractivity contribution in [3.8, 4) is 0 Å².